The fourth-order valence-corrected chi connectivity index (χ4v) is 1.98. The summed E-state index contributed by atoms with van der Waals surface area (Å²) in [5.74, 6) is -1.38. The molecular formula is C12H8BrF3N2O3. The number of aromatic nitrogens is 2. The van der Waals surface area contributed by atoms with Crippen LogP contribution in [0, 0.1) is 0 Å². The van der Waals surface area contributed by atoms with E-state index in [1.807, 2.05) is 0 Å². The Morgan fingerprint density at radius 1 is 1.33 bits per heavy atom. The molecule has 0 aliphatic carbocycles. The number of alkyl halides is 3. The second-order valence-corrected chi connectivity index (χ2v) is 5.00. The molecule has 112 valence electrons. The smallest absolute Gasteiger partial charge is 0.417 e. The van der Waals surface area contributed by atoms with Gasteiger partial charge < -0.3 is 9.52 Å². The molecule has 0 saturated heterocycles. The molecular weight excluding hydrogens is 357 g/mol. The Labute approximate surface area is 124 Å². The lowest BCUT2D eigenvalue weighted by molar-refractivity contribution is -0.138. The Hall–Kier alpha value is -1.90. The molecule has 5 nitrogen and oxygen atoms in total. The first-order valence-corrected chi connectivity index (χ1v) is 6.48. The van der Waals surface area contributed by atoms with Crippen LogP contribution in [0.5, 0.6) is 0 Å². The van der Waals surface area contributed by atoms with Crippen LogP contribution in [0.25, 0.3) is 11.5 Å². The number of carboxylic acid groups (broad SMARTS) is 1. The molecule has 0 amide bonds. The van der Waals surface area contributed by atoms with Gasteiger partial charge in [-0.1, -0.05) is 15.9 Å². The molecule has 0 saturated carbocycles. The molecule has 2 aromatic rings. The number of aryl methyl sites for hydroxylation is 1. The molecule has 0 bridgehead atoms. The van der Waals surface area contributed by atoms with E-state index in [1.54, 1.807) is 0 Å². The summed E-state index contributed by atoms with van der Waals surface area (Å²) in [6, 6.07) is 3.55. The number of carboxylic acids is 1. The van der Waals surface area contributed by atoms with Gasteiger partial charge in [0.25, 0.3) is 0 Å². The molecule has 1 N–H and O–H groups in total. The van der Waals surface area contributed by atoms with E-state index in [4.69, 9.17) is 9.52 Å². The molecule has 1 aromatic heterocycles. The predicted octanol–water partition coefficient (Wildman–Crippen LogP) is 3.54. The second-order valence-electron chi connectivity index (χ2n) is 4.08. The Kier molecular flexibility index (Phi) is 4.31. The maximum absolute atomic E-state index is 13.0. The summed E-state index contributed by atoms with van der Waals surface area (Å²) in [6.45, 7) is 0. The molecule has 0 atom stereocenters. The van der Waals surface area contributed by atoms with Crippen LogP contribution >= 0.6 is 15.9 Å². The summed E-state index contributed by atoms with van der Waals surface area (Å²) in [5, 5.41) is 15.6. The molecule has 0 spiro atoms. The Bertz CT molecular complexity index is 670. The van der Waals surface area contributed by atoms with E-state index < -0.39 is 17.7 Å². The molecule has 0 radical (unpaired) electrons. The zero-order valence-corrected chi connectivity index (χ0v) is 11.9. The van der Waals surface area contributed by atoms with Gasteiger partial charge in [-0.05, 0) is 18.2 Å². The highest BCUT2D eigenvalue weighted by Gasteiger charge is 2.35. The highest BCUT2D eigenvalue weighted by molar-refractivity contribution is 9.10. The van der Waals surface area contributed by atoms with E-state index in [2.05, 4.69) is 26.1 Å². The van der Waals surface area contributed by atoms with Gasteiger partial charge in [-0.25, -0.2) is 0 Å². The van der Waals surface area contributed by atoms with Crippen molar-refractivity contribution in [2.45, 2.75) is 19.0 Å². The van der Waals surface area contributed by atoms with Crippen molar-refractivity contribution in [2.75, 3.05) is 0 Å². The quantitative estimate of drug-likeness (QED) is 0.897. The van der Waals surface area contributed by atoms with E-state index in [1.165, 1.54) is 12.1 Å². The van der Waals surface area contributed by atoms with Crippen LogP contribution in [-0.4, -0.2) is 21.3 Å². The Morgan fingerprint density at radius 2 is 2.05 bits per heavy atom. The number of hydrogen-bond donors (Lipinski definition) is 1. The molecule has 0 aliphatic rings. The van der Waals surface area contributed by atoms with Gasteiger partial charge >= 0.3 is 12.1 Å². The van der Waals surface area contributed by atoms with Crippen molar-refractivity contribution in [3.8, 4) is 11.5 Å². The normalized spacial score (nSPS) is 11.6. The molecule has 0 aliphatic heterocycles. The van der Waals surface area contributed by atoms with Crippen molar-refractivity contribution in [1.82, 2.24) is 10.2 Å². The summed E-state index contributed by atoms with van der Waals surface area (Å²) in [5.41, 5.74) is -1.16. The lowest BCUT2D eigenvalue weighted by Gasteiger charge is -2.10. The number of halogens is 4. The summed E-state index contributed by atoms with van der Waals surface area (Å²) >= 11 is 2.98. The summed E-state index contributed by atoms with van der Waals surface area (Å²) in [7, 11) is 0. The van der Waals surface area contributed by atoms with Crippen LogP contribution < -0.4 is 0 Å². The van der Waals surface area contributed by atoms with E-state index in [0.717, 1.165) is 6.07 Å². The van der Waals surface area contributed by atoms with Crippen LogP contribution in [0.1, 0.15) is 17.9 Å². The molecule has 0 unspecified atom stereocenters. The van der Waals surface area contributed by atoms with Gasteiger partial charge in [-0.15, -0.1) is 10.2 Å². The van der Waals surface area contributed by atoms with Gasteiger partial charge in [0, 0.05) is 10.9 Å². The lowest BCUT2D eigenvalue weighted by atomic mass is 10.1. The third-order valence-electron chi connectivity index (χ3n) is 2.54. The van der Waals surface area contributed by atoms with Crippen LogP contribution in [-0.2, 0) is 17.4 Å². The molecule has 21 heavy (non-hydrogen) atoms. The number of nitrogens with zero attached hydrogens (tertiary/aromatic N) is 2. The van der Waals surface area contributed by atoms with Crippen molar-refractivity contribution >= 4 is 21.9 Å². The Balaban J connectivity index is 2.36. The van der Waals surface area contributed by atoms with Crippen molar-refractivity contribution in [3.05, 3.63) is 34.1 Å². The fraction of sp³-hybridized carbons (Fsp3) is 0.250. The average molecular weight is 365 g/mol. The molecule has 2 rings (SSSR count). The van der Waals surface area contributed by atoms with Crippen LogP contribution in [0.4, 0.5) is 13.2 Å². The van der Waals surface area contributed by atoms with Crippen LogP contribution in [0.2, 0.25) is 0 Å². The Morgan fingerprint density at radius 3 is 2.67 bits per heavy atom. The van der Waals surface area contributed by atoms with Gasteiger partial charge in [0.2, 0.25) is 11.8 Å². The third kappa shape index (κ3) is 3.81. The maximum Gasteiger partial charge on any atom is 0.417 e. The first-order valence-electron chi connectivity index (χ1n) is 5.68. The topological polar surface area (TPSA) is 76.2 Å². The van der Waals surface area contributed by atoms with E-state index in [9.17, 15) is 18.0 Å². The van der Waals surface area contributed by atoms with E-state index in [0.29, 0.717) is 0 Å². The minimum absolute atomic E-state index is 0.0246. The summed E-state index contributed by atoms with van der Waals surface area (Å²) < 4.78 is 44.3. The molecule has 1 heterocycles. The summed E-state index contributed by atoms with van der Waals surface area (Å²) in [4.78, 5) is 10.4. The van der Waals surface area contributed by atoms with Gasteiger partial charge in [0.05, 0.1) is 17.5 Å². The van der Waals surface area contributed by atoms with Crippen LogP contribution in [0.3, 0.4) is 0 Å². The number of rotatable bonds is 4. The van der Waals surface area contributed by atoms with E-state index in [-0.39, 0.29) is 34.7 Å². The molecule has 1 aromatic carbocycles. The van der Waals surface area contributed by atoms with E-state index >= 15 is 0 Å². The zero-order valence-electron chi connectivity index (χ0n) is 10.3. The predicted molar refractivity (Wildman–Crippen MR) is 68.4 cm³/mol. The minimum atomic E-state index is -4.57. The molecule has 0 fully saturated rings. The fourth-order valence-electron chi connectivity index (χ4n) is 1.61. The third-order valence-corrected chi connectivity index (χ3v) is 3.03. The van der Waals surface area contributed by atoms with Crippen LogP contribution in [0.15, 0.2) is 27.1 Å². The highest BCUT2D eigenvalue weighted by atomic mass is 79.9. The molecule has 9 heteroatoms. The summed E-state index contributed by atoms with van der Waals surface area (Å²) in [6.07, 6.45) is -4.86. The van der Waals surface area contributed by atoms with Crippen molar-refractivity contribution < 1.29 is 27.5 Å². The first-order chi connectivity index (χ1) is 9.77. The van der Waals surface area contributed by atoms with Gasteiger partial charge in [-0.2, -0.15) is 13.2 Å². The second kappa shape index (κ2) is 5.84. The lowest BCUT2D eigenvalue weighted by Crippen LogP contribution is -2.07. The largest absolute Gasteiger partial charge is 0.481 e. The number of benzene rings is 1. The van der Waals surface area contributed by atoms with Gasteiger partial charge in [0.15, 0.2) is 0 Å². The van der Waals surface area contributed by atoms with Crippen molar-refractivity contribution in [1.29, 1.82) is 0 Å². The number of aliphatic carboxylic acids is 1. The highest BCUT2D eigenvalue weighted by Crippen LogP contribution is 2.38. The zero-order chi connectivity index (χ0) is 15.6. The SMILES string of the molecule is O=C(O)CCc1nnc(-c2ccc(Br)cc2C(F)(F)F)o1. The number of carbonyl (C=O) groups is 1. The maximum atomic E-state index is 13.0. The van der Waals surface area contributed by atoms with Gasteiger partial charge in [0.1, 0.15) is 0 Å². The average Bonchev–Trinajstić information content (AvgIpc) is 2.84. The monoisotopic (exact) mass is 364 g/mol. The minimum Gasteiger partial charge on any atom is -0.481 e. The first kappa shape index (κ1) is 15.5. The standard InChI is InChI=1S/C12H8BrF3N2O3/c13-6-1-2-7(8(5-6)12(14,15)16)11-18-17-9(21-11)3-4-10(19)20/h1-2,5H,3-4H2,(H,19,20). The number of hydrogen-bond acceptors (Lipinski definition) is 4. The van der Waals surface area contributed by atoms with Crippen molar-refractivity contribution in [3.63, 3.8) is 0 Å². The van der Waals surface area contributed by atoms with Crippen molar-refractivity contribution in [2.24, 2.45) is 0 Å². The van der Waals surface area contributed by atoms with Gasteiger partial charge in [-0.3, -0.25) is 4.79 Å².